The normalized spacial score (nSPS) is 16.8. The molecule has 0 atom stereocenters. The highest BCUT2D eigenvalue weighted by Gasteiger charge is 2.22. The molecule has 1 N–H and O–H groups in total. The lowest BCUT2D eigenvalue weighted by Gasteiger charge is -2.28. The number of rotatable bonds is 4. The number of hydrogen-bond donors (Lipinski definition) is 1. The largest absolute Gasteiger partial charge is 0.378 e. The van der Waals surface area contributed by atoms with Crippen molar-refractivity contribution in [1.29, 1.82) is 0 Å². The summed E-state index contributed by atoms with van der Waals surface area (Å²) in [6.07, 6.45) is 3.80. The Hall–Kier alpha value is -3.60. The number of benzene rings is 1. The fraction of sp³-hybridized carbons (Fsp3) is 0.308. The van der Waals surface area contributed by atoms with E-state index in [1.807, 2.05) is 24.5 Å². The Morgan fingerprint density at radius 1 is 0.861 bits per heavy atom. The van der Waals surface area contributed by atoms with Crippen LogP contribution in [0.2, 0.25) is 0 Å². The summed E-state index contributed by atoms with van der Waals surface area (Å²) >= 11 is 1.72. The number of aromatic nitrogens is 5. The van der Waals surface area contributed by atoms with Crippen LogP contribution in [0, 0.1) is 0 Å². The predicted molar refractivity (Wildman–Crippen MR) is 142 cm³/mol. The second kappa shape index (κ2) is 9.12. The van der Waals surface area contributed by atoms with Gasteiger partial charge in [0.1, 0.15) is 5.82 Å². The Morgan fingerprint density at radius 3 is 2.44 bits per heavy atom. The molecule has 2 saturated heterocycles. The van der Waals surface area contributed by atoms with E-state index in [1.165, 1.54) is 0 Å². The molecule has 1 aromatic carbocycles. The first-order chi connectivity index (χ1) is 17.8. The zero-order valence-electron chi connectivity index (χ0n) is 19.7. The summed E-state index contributed by atoms with van der Waals surface area (Å²) in [5.74, 6) is 2.67. The van der Waals surface area contributed by atoms with Gasteiger partial charge in [-0.2, -0.15) is 5.10 Å². The van der Waals surface area contributed by atoms with E-state index in [4.69, 9.17) is 24.4 Å². The van der Waals surface area contributed by atoms with Crippen LogP contribution in [0.3, 0.4) is 0 Å². The number of nitrogens with one attached hydrogen (secondary N) is 1. The molecule has 0 spiro atoms. The minimum atomic E-state index is 0.698. The van der Waals surface area contributed by atoms with Crippen LogP contribution in [0.1, 0.15) is 0 Å². The highest BCUT2D eigenvalue weighted by atomic mass is 32.1. The van der Waals surface area contributed by atoms with E-state index in [-0.39, 0.29) is 0 Å². The van der Waals surface area contributed by atoms with Gasteiger partial charge in [0.05, 0.1) is 48.4 Å². The molecule has 0 bridgehead atoms. The topological polar surface area (TPSA) is 92.3 Å². The van der Waals surface area contributed by atoms with Crippen molar-refractivity contribution in [2.45, 2.75) is 0 Å². The molecular weight excluding hydrogens is 474 g/mol. The molecule has 36 heavy (non-hydrogen) atoms. The van der Waals surface area contributed by atoms with E-state index in [2.05, 4.69) is 44.3 Å². The van der Waals surface area contributed by atoms with Crippen molar-refractivity contribution in [3.8, 4) is 21.8 Å². The molecule has 5 aromatic rings. The molecule has 2 fully saturated rings. The average molecular weight is 500 g/mol. The van der Waals surface area contributed by atoms with Crippen LogP contribution in [0.25, 0.3) is 42.9 Å². The van der Waals surface area contributed by atoms with Crippen molar-refractivity contribution < 1.29 is 9.47 Å². The highest BCUT2D eigenvalue weighted by molar-refractivity contribution is 7.22. The number of fused-ring (bicyclic) bond motifs is 2. The zero-order chi connectivity index (χ0) is 23.9. The molecule has 182 valence electrons. The predicted octanol–water partition coefficient (Wildman–Crippen LogP) is 3.97. The molecule has 2 aliphatic heterocycles. The maximum absolute atomic E-state index is 5.62. The number of hydrogen-bond acceptors (Lipinski definition) is 9. The standard InChI is InChI=1S/C26H25N7O2S/c1-2-18(19-16-28-31-20(19)3-1)25-29-21-14-22(36-24(21)26(30-25)33-8-12-35-13-9-33)17-4-5-23(27-15-17)32-6-10-34-11-7-32/h1-5,14-16H,6-13H2,(H,28,31). The molecular formula is C26H25N7O2S. The average Bonchev–Trinajstić information content (AvgIpc) is 3.61. The lowest BCUT2D eigenvalue weighted by atomic mass is 10.1. The van der Waals surface area contributed by atoms with E-state index in [0.29, 0.717) is 19.0 Å². The van der Waals surface area contributed by atoms with Gasteiger partial charge in [-0.1, -0.05) is 12.1 Å². The maximum Gasteiger partial charge on any atom is 0.162 e. The first kappa shape index (κ1) is 21.7. The number of aromatic amines is 1. The van der Waals surface area contributed by atoms with Gasteiger partial charge in [-0.05, 0) is 24.3 Å². The Labute approximate surface area is 211 Å². The summed E-state index contributed by atoms with van der Waals surface area (Å²) in [6, 6.07) is 12.5. The Kier molecular flexibility index (Phi) is 5.49. The van der Waals surface area contributed by atoms with Crippen LogP contribution >= 0.6 is 11.3 Å². The first-order valence-electron chi connectivity index (χ1n) is 12.2. The number of thiophene rings is 1. The second-order valence-electron chi connectivity index (χ2n) is 8.94. The molecule has 0 aliphatic carbocycles. The van der Waals surface area contributed by atoms with Crippen molar-refractivity contribution in [2.75, 3.05) is 62.4 Å². The van der Waals surface area contributed by atoms with E-state index in [0.717, 1.165) is 88.2 Å². The van der Waals surface area contributed by atoms with Crippen molar-refractivity contribution in [3.63, 3.8) is 0 Å². The van der Waals surface area contributed by atoms with Gasteiger partial charge >= 0.3 is 0 Å². The number of H-pyrrole nitrogens is 1. The third kappa shape index (κ3) is 3.87. The lowest BCUT2D eigenvalue weighted by molar-refractivity contribution is 0.122. The maximum atomic E-state index is 5.62. The third-order valence-electron chi connectivity index (χ3n) is 6.76. The molecule has 2 aliphatic rings. The highest BCUT2D eigenvalue weighted by Crippen LogP contribution is 2.39. The number of ether oxygens (including phenoxy) is 2. The van der Waals surface area contributed by atoms with Gasteiger partial charge in [-0.25, -0.2) is 15.0 Å². The summed E-state index contributed by atoms with van der Waals surface area (Å²) in [5, 5.41) is 8.29. The summed E-state index contributed by atoms with van der Waals surface area (Å²) in [5.41, 5.74) is 3.98. The molecule has 7 rings (SSSR count). The quantitative estimate of drug-likeness (QED) is 0.397. The van der Waals surface area contributed by atoms with Crippen molar-refractivity contribution >= 4 is 44.1 Å². The van der Waals surface area contributed by atoms with E-state index in [1.54, 1.807) is 11.3 Å². The molecule has 9 nitrogen and oxygen atoms in total. The summed E-state index contributed by atoms with van der Waals surface area (Å²) in [6.45, 7) is 6.26. The Morgan fingerprint density at radius 2 is 1.67 bits per heavy atom. The van der Waals surface area contributed by atoms with Gasteiger partial charge in [0.25, 0.3) is 0 Å². The molecule has 0 saturated carbocycles. The molecule has 6 heterocycles. The first-order valence-corrected chi connectivity index (χ1v) is 13.0. The number of anilines is 2. The molecule has 4 aromatic heterocycles. The van der Waals surface area contributed by atoms with Gasteiger partial charge in [-0.3, -0.25) is 5.10 Å². The number of pyridine rings is 1. The van der Waals surface area contributed by atoms with Gasteiger partial charge in [-0.15, -0.1) is 11.3 Å². The van der Waals surface area contributed by atoms with Crippen LogP contribution < -0.4 is 9.80 Å². The minimum Gasteiger partial charge on any atom is -0.378 e. The van der Waals surface area contributed by atoms with E-state index in [9.17, 15) is 0 Å². The second-order valence-corrected chi connectivity index (χ2v) is 9.99. The van der Waals surface area contributed by atoms with Gasteiger partial charge < -0.3 is 19.3 Å². The Bertz CT molecular complexity index is 1520. The van der Waals surface area contributed by atoms with Crippen molar-refractivity contribution in [2.24, 2.45) is 0 Å². The van der Waals surface area contributed by atoms with Crippen molar-refractivity contribution in [1.82, 2.24) is 25.1 Å². The molecule has 0 unspecified atom stereocenters. The van der Waals surface area contributed by atoms with E-state index < -0.39 is 0 Å². The third-order valence-corrected chi connectivity index (χ3v) is 7.93. The van der Waals surface area contributed by atoms with Gasteiger partial charge in [0, 0.05) is 53.8 Å². The zero-order valence-corrected chi connectivity index (χ0v) is 20.5. The van der Waals surface area contributed by atoms with Crippen LogP contribution in [0.5, 0.6) is 0 Å². The monoisotopic (exact) mass is 499 g/mol. The van der Waals surface area contributed by atoms with Crippen LogP contribution in [-0.4, -0.2) is 77.8 Å². The molecule has 10 heteroatoms. The summed E-state index contributed by atoms with van der Waals surface area (Å²) < 4.78 is 12.2. The summed E-state index contributed by atoms with van der Waals surface area (Å²) in [7, 11) is 0. The molecule has 0 radical (unpaired) electrons. The fourth-order valence-electron chi connectivity index (χ4n) is 4.84. The van der Waals surface area contributed by atoms with Crippen LogP contribution in [-0.2, 0) is 9.47 Å². The van der Waals surface area contributed by atoms with Gasteiger partial charge in [0.15, 0.2) is 11.6 Å². The van der Waals surface area contributed by atoms with E-state index >= 15 is 0 Å². The SMILES string of the molecule is c1cc(-c2nc(N3CCOCC3)c3sc(-c4ccc(N5CCOCC5)nc4)cc3n2)c2cn[nH]c2c1. The smallest absolute Gasteiger partial charge is 0.162 e. The van der Waals surface area contributed by atoms with Crippen molar-refractivity contribution in [3.05, 3.63) is 48.8 Å². The Balaban J connectivity index is 1.32. The van der Waals surface area contributed by atoms with Crippen LogP contribution in [0.15, 0.2) is 48.8 Å². The van der Waals surface area contributed by atoms with Gasteiger partial charge in [0.2, 0.25) is 0 Å². The molecule has 0 amide bonds. The number of nitrogens with zero attached hydrogens (tertiary/aromatic N) is 6. The fourth-order valence-corrected chi connectivity index (χ4v) is 5.95. The van der Waals surface area contributed by atoms with Crippen LogP contribution in [0.4, 0.5) is 11.6 Å². The summed E-state index contributed by atoms with van der Waals surface area (Å²) in [4.78, 5) is 20.6. The lowest BCUT2D eigenvalue weighted by Crippen LogP contribution is -2.36. The minimum absolute atomic E-state index is 0.698. The number of morpholine rings is 2.